The van der Waals surface area contributed by atoms with Crippen LogP contribution in [0.25, 0.3) is 0 Å². The summed E-state index contributed by atoms with van der Waals surface area (Å²) in [6, 6.07) is 4.23. The van der Waals surface area contributed by atoms with E-state index in [-0.39, 0.29) is 0 Å². The maximum Gasteiger partial charge on any atom is 0.144 e. The second-order valence-corrected chi connectivity index (χ2v) is 4.84. The molecular formula is C15H19N5O. The normalized spacial score (nSPS) is 10.9. The number of hydrogen-bond acceptors (Lipinski definition) is 6. The monoisotopic (exact) mass is 285 g/mol. The van der Waals surface area contributed by atoms with Crippen molar-refractivity contribution >= 4 is 23.5 Å². The molecular weight excluding hydrogens is 266 g/mol. The summed E-state index contributed by atoms with van der Waals surface area (Å²) in [4.78, 5) is 12.9. The lowest BCUT2D eigenvalue weighted by Crippen LogP contribution is -2.06. The zero-order valence-corrected chi connectivity index (χ0v) is 12.6. The fourth-order valence-electron chi connectivity index (χ4n) is 2.24. The van der Waals surface area contributed by atoms with Gasteiger partial charge in [-0.1, -0.05) is 22.9 Å². The molecule has 0 unspecified atom stereocenters. The first-order valence-electron chi connectivity index (χ1n) is 6.54. The number of aryl methyl sites for hydroxylation is 3. The zero-order chi connectivity index (χ0) is 15.4. The minimum absolute atomic E-state index is 0.343. The maximum atomic E-state index is 5.88. The van der Waals surface area contributed by atoms with E-state index in [2.05, 4.69) is 53.3 Å². The number of oxime groups is 1. The second-order valence-electron chi connectivity index (χ2n) is 4.84. The first-order valence-corrected chi connectivity index (χ1v) is 6.54. The molecule has 1 aromatic carbocycles. The van der Waals surface area contributed by atoms with Gasteiger partial charge in [0.05, 0.1) is 11.8 Å². The Hall–Kier alpha value is -2.63. The van der Waals surface area contributed by atoms with Crippen LogP contribution in [0.1, 0.15) is 22.3 Å². The van der Waals surface area contributed by atoms with Gasteiger partial charge in [-0.15, -0.1) is 0 Å². The highest BCUT2D eigenvalue weighted by Crippen LogP contribution is 2.27. The molecule has 3 N–H and O–H groups in total. The van der Waals surface area contributed by atoms with Gasteiger partial charge in [-0.2, -0.15) is 0 Å². The Bertz CT molecular complexity index is 659. The number of benzene rings is 1. The molecule has 0 atom stereocenters. The van der Waals surface area contributed by atoms with Crippen molar-refractivity contribution in [3.8, 4) is 0 Å². The van der Waals surface area contributed by atoms with Crippen LogP contribution in [0.15, 0.2) is 23.6 Å². The van der Waals surface area contributed by atoms with Crippen molar-refractivity contribution in [2.75, 3.05) is 18.2 Å². The standard InChI is InChI=1S/C15H19N5O/c1-9-5-10(2)13(11(3)6-9)20-15-12(7-19-21-4)14(16)17-8-18-15/h5-8H,1-4H3,(H3,16,17,18,20). The van der Waals surface area contributed by atoms with E-state index >= 15 is 0 Å². The van der Waals surface area contributed by atoms with Gasteiger partial charge in [-0.25, -0.2) is 9.97 Å². The van der Waals surface area contributed by atoms with Gasteiger partial charge in [-0.3, -0.25) is 0 Å². The summed E-state index contributed by atoms with van der Waals surface area (Å²) in [6.45, 7) is 6.18. The van der Waals surface area contributed by atoms with Crippen molar-refractivity contribution in [2.24, 2.45) is 5.16 Å². The number of nitrogens with zero attached hydrogens (tertiary/aromatic N) is 3. The summed E-state index contributed by atoms with van der Waals surface area (Å²) in [5.74, 6) is 0.939. The summed E-state index contributed by atoms with van der Waals surface area (Å²) in [7, 11) is 1.47. The molecule has 6 nitrogen and oxygen atoms in total. The molecule has 0 radical (unpaired) electrons. The third-order valence-corrected chi connectivity index (χ3v) is 3.12. The first-order chi connectivity index (χ1) is 10.0. The number of rotatable bonds is 4. The van der Waals surface area contributed by atoms with Crippen molar-refractivity contribution in [2.45, 2.75) is 20.8 Å². The van der Waals surface area contributed by atoms with Crippen LogP contribution in [-0.4, -0.2) is 23.3 Å². The maximum absolute atomic E-state index is 5.88. The topological polar surface area (TPSA) is 85.4 Å². The van der Waals surface area contributed by atoms with Crippen molar-refractivity contribution in [3.63, 3.8) is 0 Å². The van der Waals surface area contributed by atoms with Gasteiger partial charge in [-0.05, 0) is 31.9 Å². The van der Waals surface area contributed by atoms with Crippen LogP contribution in [0.2, 0.25) is 0 Å². The molecule has 0 fully saturated rings. The van der Waals surface area contributed by atoms with Crippen LogP contribution in [0.3, 0.4) is 0 Å². The molecule has 21 heavy (non-hydrogen) atoms. The lowest BCUT2D eigenvalue weighted by atomic mass is 10.0. The number of aromatic nitrogens is 2. The molecule has 0 saturated heterocycles. The van der Waals surface area contributed by atoms with E-state index in [9.17, 15) is 0 Å². The summed E-state index contributed by atoms with van der Waals surface area (Å²) in [5, 5.41) is 7.05. The third-order valence-electron chi connectivity index (χ3n) is 3.12. The summed E-state index contributed by atoms with van der Waals surface area (Å²) in [5.41, 5.74) is 11.0. The highest BCUT2D eigenvalue weighted by atomic mass is 16.6. The predicted molar refractivity (Wildman–Crippen MR) is 85.0 cm³/mol. The lowest BCUT2D eigenvalue weighted by molar-refractivity contribution is 0.215. The number of nitrogens with one attached hydrogen (secondary N) is 1. The quantitative estimate of drug-likeness (QED) is 0.666. The van der Waals surface area contributed by atoms with E-state index in [1.807, 2.05) is 0 Å². The number of nitrogen functional groups attached to an aromatic ring is 1. The van der Waals surface area contributed by atoms with Crippen LogP contribution in [0.4, 0.5) is 17.3 Å². The Labute approximate surface area is 124 Å². The van der Waals surface area contributed by atoms with Gasteiger partial charge < -0.3 is 15.9 Å². The van der Waals surface area contributed by atoms with Crippen molar-refractivity contribution in [3.05, 3.63) is 40.7 Å². The van der Waals surface area contributed by atoms with Crippen LogP contribution in [0, 0.1) is 20.8 Å². The van der Waals surface area contributed by atoms with Gasteiger partial charge in [0.25, 0.3) is 0 Å². The molecule has 1 heterocycles. The molecule has 2 aromatic rings. The Morgan fingerprint density at radius 1 is 1.19 bits per heavy atom. The van der Waals surface area contributed by atoms with Crippen LogP contribution in [-0.2, 0) is 4.84 Å². The smallest absolute Gasteiger partial charge is 0.144 e. The first kappa shape index (κ1) is 14.8. The summed E-state index contributed by atoms with van der Waals surface area (Å²) in [6.07, 6.45) is 2.91. The van der Waals surface area contributed by atoms with E-state index in [0.717, 1.165) is 16.8 Å². The molecule has 0 amide bonds. The van der Waals surface area contributed by atoms with E-state index in [4.69, 9.17) is 10.6 Å². The third kappa shape index (κ3) is 3.28. The number of anilines is 3. The fourth-order valence-corrected chi connectivity index (χ4v) is 2.24. The molecule has 0 aliphatic heterocycles. The SMILES string of the molecule is CON=Cc1c(N)ncnc1Nc1c(C)cc(C)cc1C. The zero-order valence-electron chi connectivity index (χ0n) is 12.6. The minimum atomic E-state index is 0.343. The minimum Gasteiger partial charge on any atom is -0.399 e. The van der Waals surface area contributed by atoms with Gasteiger partial charge >= 0.3 is 0 Å². The van der Waals surface area contributed by atoms with E-state index < -0.39 is 0 Å². The summed E-state index contributed by atoms with van der Waals surface area (Å²) < 4.78 is 0. The molecule has 0 spiro atoms. The van der Waals surface area contributed by atoms with Crippen molar-refractivity contribution in [1.82, 2.24) is 9.97 Å². The number of nitrogens with two attached hydrogens (primary N) is 1. The molecule has 0 bridgehead atoms. The Morgan fingerprint density at radius 3 is 2.48 bits per heavy atom. The molecule has 0 aliphatic carbocycles. The molecule has 0 aliphatic rings. The highest BCUT2D eigenvalue weighted by Gasteiger charge is 2.11. The Morgan fingerprint density at radius 2 is 1.86 bits per heavy atom. The van der Waals surface area contributed by atoms with E-state index in [0.29, 0.717) is 17.2 Å². The van der Waals surface area contributed by atoms with Crippen LogP contribution >= 0.6 is 0 Å². The molecule has 6 heteroatoms. The highest BCUT2D eigenvalue weighted by molar-refractivity contribution is 5.92. The van der Waals surface area contributed by atoms with Crippen molar-refractivity contribution < 1.29 is 4.84 Å². The fraction of sp³-hybridized carbons (Fsp3) is 0.267. The average molecular weight is 285 g/mol. The molecule has 2 rings (SSSR count). The largest absolute Gasteiger partial charge is 0.399 e. The summed E-state index contributed by atoms with van der Waals surface area (Å²) >= 11 is 0. The molecule has 0 saturated carbocycles. The average Bonchev–Trinajstić information content (AvgIpc) is 2.42. The van der Waals surface area contributed by atoms with Crippen LogP contribution in [0.5, 0.6) is 0 Å². The van der Waals surface area contributed by atoms with Crippen molar-refractivity contribution in [1.29, 1.82) is 0 Å². The van der Waals surface area contributed by atoms with Gasteiger partial charge in [0.2, 0.25) is 0 Å². The lowest BCUT2D eigenvalue weighted by Gasteiger charge is -2.15. The van der Waals surface area contributed by atoms with E-state index in [1.165, 1.54) is 25.2 Å². The predicted octanol–water partition coefficient (Wildman–Crippen LogP) is 2.71. The number of hydrogen-bond donors (Lipinski definition) is 2. The molecule has 110 valence electrons. The van der Waals surface area contributed by atoms with Gasteiger partial charge in [0.1, 0.15) is 25.1 Å². The second kappa shape index (κ2) is 6.21. The van der Waals surface area contributed by atoms with E-state index in [1.54, 1.807) is 0 Å². The molecule has 1 aromatic heterocycles. The van der Waals surface area contributed by atoms with Gasteiger partial charge in [0, 0.05) is 5.69 Å². The van der Waals surface area contributed by atoms with Crippen LogP contribution < -0.4 is 11.1 Å². The Kier molecular flexibility index (Phi) is 4.37. The Balaban J connectivity index is 2.45. The van der Waals surface area contributed by atoms with Gasteiger partial charge in [0.15, 0.2) is 0 Å².